The number of hydrogen-bond donors (Lipinski definition) is 1. The summed E-state index contributed by atoms with van der Waals surface area (Å²) in [6.45, 7) is 2.21. The number of halogens is 3. The predicted molar refractivity (Wildman–Crippen MR) is 127 cm³/mol. The molecule has 1 aromatic heterocycles. The molecule has 206 valence electrons. The number of imide groups is 1. The fourth-order valence-electron chi connectivity index (χ4n) is 3.87. The fourth-order valence-corrected chi connectivity index (χ4v) is 5.76. The number of anilines is 2. The molecule has 1 atom stereocenters. The van der Waals surface area contributed by atoms with Crippen molar-refractivity contribution in [1.29, 1.82) is 0 Å². The van der Waals surface area contributed by atoms with E-state index in [1.165, 1.54) is 34.5 Å². The monoisotopic (exact) mass is 577 g/mol. The third-order valence-corrected chi connectivity index (χ3v) is 8.93. The Morgan fingerprint density at radius 2 is 1.68 bits per heavy atom. The van der Waals surface area contributed by atoms with Gasteiger partial charge in [0, 0.05) is 25.8 Å². The predicted octanol–water partition coefficient (Wildman–Crippen LogP) is 1.72. The first-order chi connectivity index (χ1) is 17.7. The molecule has 1 N–H and O–H groups in total. The second kappa shape index (κ2) is 10.1. The molecule has 0 bridgehead atoms. The average Bonchev–Trinajstić information content (AvgIpc) is 3.07. The minimum atomic E-state index is -5.59. The number of amides is 3. The van der Waals surface area contributed by atoms with Gasteiger partial charge in [-0.1, -0.05) is 0 Å². The largest absolute Gasteiger partial charge is 0.501 e. The number of alkyl halides is 3. The zero-order valence-electron chi connectivity index (χ0n) is 19.8. The molecule has 0 radical (unpaired) electrons. The SMILES string of the molecule is CC1C(=O)N(c2ccc(S(=O)(=O)C(F)(F)F)cc2)C(=O)N1Cc1ccnc(NS(=O)(=O)N2CCOCC2)c1. The lowest BCUT2D eigenvalue weighted by Crippen LogP contribution is -2.43. The van der Waals surface area contributed by atoms with Gasteiger partial charge in [-0.2, -0.15) is 25.9 Å². The van der Waals surface area contributed by atoms with Gasteiger partial charge in [-0.25, -0.2) is 23.1 Å². The van der Waals surface area contributed by atoms with Crippen LogP contribution in [0, 0.1) is 0 Å². The van der Waals surface area contributed by atoms with E-state index in [4.69, 9.17) is 4.74 Å². The first-order valence-electron chi connectivity index (χ1n) is 11.1. The number of benzene rings is 1. The molecule has 1 unspecified atom stereocenters. The molecule has 2 aliphatic rings. The van der Waals surface area contributed by atoms with Crippen LogP contribution >= 0.6 is 0 Å². The van der Waals surface area contributed by atoms with Crippen molar-refractivity contribution in [2.45, 2.75) is 29.9 Å². The van der Waals surface area contributed by atoms with Crippen LogP contribution in [-0.2, 0) is 36.1 Å². The Balaban J connectivity index is 1.51. The van der Waals surface area contributed by atoms with Gasteiger partial charge in [0.2, 0.25) is 0 Å². The minimum absolute atomic E-state index is 0.00191. The standard InChI is InChI=1S/C21H22F3N5O7S2/c1-14-19(30)29(16-2-4-17(5-3-16)37(32,33)21(22,23)24)20(31)28(14)13-15-6-7-25-18(12-15)26-38(34,35)27-8-10-36-11-9-27/h2-7,12,14H,8-11,13H2,1H3,(H,25,26). The molecule has 3 heterocycles. The Morgan fingerprint density at radius 1 is 1.05 bits per heavy atom. The summed E-state index contributed by atoms with van der Waals surface area (Å²) in [4.78, 5) is 30.8. The Morgan fingerprint density at radius 3 is 2.29 bits per heavy atom. The third-order valence-electron chi connectivity index (χ3n) is 5.91. The third kappa shape index (κ3) is 5.31. The van der Waals surface area contributed by atoms with E-state index >= 15 is 0 Å². The summed E-state index contributed by atoms with van der Waals surface area (Å²) in [5.74, 6) is -0.679. The van der Waals surface area contributed by atoms with E-state index in [1.54, 1.807) is 0 Å². The van der Waals surface area contributed by atoms with Gasteiger partial charge in [-0.05, 0) is 48.9 Å². The molecule has 38 heavy (non-hydrogen) atoms. The maximum atomic E-state index is 13.1. The maximum Gasteiger partial charge on any atom is 0.501 e. The number of nitrogens with zero attached hydrogens (tertiary/aromatic N) is 4. The Labute approximate surface area is 216 Å². The number of carbonyl (C=O) groups is 2. The van der Waals surface area contributed by atoms with Crippen LogP contribution in [0.3, 0.4) is 0 Å². The van der Waals surface area contributed by atoms with Gasteiger partial charge >= 0.3 is 21.7 Å². The maximum absolute atomic E-state index is 13.1. The van der Waals surface area contributed by atoms with Crippen LogP contribution in [0.25, 0.3) is 0 Å². The van der Waals surface area contributed by atoms with Crippen molar-refractivity contribution in [2.24, 2.45) is 0 Å². The summed E-state index contributed by atoms with van der Waals surface area (Å²) >= 11 is 0. The van der Waals surface area contributed by atoms with E-state index in [9.17, 15) is 39.6 Å². The number of rotatable bonds is 7. The molecule has 0 spiro atoms. The first kappa shape index (κ1) is 27.7. The number of carbonyl (C=O) groups excluding carboxylic acids is 2. The van der Waals surface area contributed by atoms with Crippen LogP contribution in [0.2, 0.25) is 0 Å². The first-order valence-corrected chi connectivity index (χ1v) is 14.0. The van der Waals surface area contributed by atoms with E-state index in [1.807, 2.05) is 0 Å². The van der Waals surface area contributed by atoms with Crippen LogP contribution in [0.4, 0.5) is 29.5 Å². The molecule has 2 fully saturated rings. The molecule has 2 aromatic rings. The smallest absolute Gasteiger partial charge is 0.379 e. The van der Waals surface area contributed by atoms with Crippen LogP contribution in [0.15, 0.2) is 47.5 Å². The van der Waals surface area contributed by atoms with Gasteiger partial charge in [-0.15, -0.1) is 0 Å². The highest BCUT2D eigenvalue weighted by Crippen LogP contribution is 2.33. The van der Waals surface area contributed by atoms with E-state index in [-0.39, 0.29) is 44.4 Å². The molecule has 0 aliphatic carbocycles. The molecular formula is C21H22F3N5O7S2. The normalized spacial score (nSPS) is 19.7. The van der Waals surface area contributed by atoms with Gasteiger partial charge in [-0.3, -0.25) is 9.52 Å². The van der Waals surface area contributed by atoms with E-state index < -0.39 is 48.4 Å². The van der Waals surface area contributed by atoms with Crippen molar-refractivity contribution in [2.75, 3.05) is 35.9 Å². The quantitative estimate of drug-likeness (QED) is 0.490. The van der Waals surface area contributed by atoms with Crippen molar-refractivity contribution >= 4 is 43.5 Å². The summed E-state index contributed by atoms with van der Waals surface area (Å²) < 4.78 is 95.5. The highest BCUT2D eigenvalue weighted by Gasteiger charge is 2.47. The Hall–Kier alpha value is -3.28. The van der Waals surface area contributed by atoms with Crippen LogP contribution in [-0.4, -0.2) is 80.8 Å². The van der Waals surface area contributed by atoms with Gasteiger partial charge in [0.05, 0.1) is 23.8 Å². The molecule has 2 aliphatic heterocycles. The average molecular weight is 578 g/mol. The molecule has 17 heteroatoms. The number of hydrogen-bond acceptors (Lipinski definition) is 8. The van der Waals surface area contributed by atoms with Crippen molar-refractivity contribution in [1.82, 2.24) is 14.2 Å². The van der Waals surface area contributed by atoms with Crippen molar-refractivity contribution in [3.63, 3.8) is 0 Å². The van der Waals surface area contributed by atoms with E-state index in [0.717, 1.165) is 17.0 Å². The fraction of sp³-hybridized carbons (Fsp3) is 0.381. The van der Waals surface area contributed by atoms with E-state index in [0.29, 0.717) is 17.7 Å². The van der Waals surface area contributed by atoms with Crippen LogP contribution in [0.5, 0.6) is 0 Å². The molecular weight excluding hydrogens is 555 g/mol. The number of nitrogens with one attached hydrogen (secondary N) is 1. The lowest BCUT2D eigenvalue weighted by atomic mass is 10.2. The van der Waals surface area contributed by atoms with Crippen molar-refractivity contribution < 1.29 is 44.3 Å². The number of morpholine rings is 1. The Bertz CT molecular complexity index is 1440. The lowest BCUT2D eigenvalue weighted by molar-refractivity contribution is -0.119. The molecule has 12 nitrogen and oxygen atoms in total. The van der Waals surface area contributed by atoms with Crippen molar-refractivity contribution in [3.05, 3.63) is 48.2 Å². The summed E-state index contributed by atoms with van der Waals surface area (Å²) in [5.41, 5.74) is -5.16. The van der Waals surface area contributed by atoms with Gasteiger partial charge in [0.25, 0.3) is 15.7 Å². The van der Waals surface area contributed by atoms with Gasteiger partial charge in [0.15, 0.2) is 0 Å². The van der Waals surface area contributed by atoms with E-state index in [2.05, 4.69) is 9.71 Å². The molecule has 3 amide bonds. The lowest BCUT2D eigenvalue weighted by Gasteiger charge is -2.26. The number of aromatic nitrogens is 1. The summed E-state index contributed by atoms with van der Waals surface area (Å²) in [5, 5.41) is 0. The second-order valence-electron chi connectivity index (χ2n) is 8.37. The molecule has 1 aromatic carbocycles. The highest BCUT2D eigenvalue weighted by atomic mass is 32.2. The molecule has 0 saturated carbocycles. The topological polar surface area (TPSA) is 146 Å². The molecule has 4 rings (SSSR count). The Kier molecular flexibility index (Phi) is 7.39. The summed E-state index contributed by atoms with van der Waals surface area (Å²) in [7, 11) is -9.49. The highest BCUT2D eigenvalue weighted by molar-refractivity contribution is 7.92. The second-order valence-corrected chi connectivity index (χ2v) is 12.0. The minimum Gasteiger partial charge on any atom is -0.379 e. The van der Waals surface area contributed by atoms with Crippen molar-refractivity contribution in [3.8, 4) is 0 Å². The summed E-state index contributed by atoms with van der Waals surface area (Å²) in [6.07, 6.45) is 1.33. The zero-order valence-corrected chi connectivity index (χ0v) is 21.4. The zero-order chi connectivity index (χ0) is 27.9. The number of urea groups is 1. The molecule has 2 saturated heterocycles. The van der Waals surface area contributed by atoms with Crippen LogP contribution in [0.1, 0.15) is 12.5 Å². The summed E-state index contributed by atoms with van der Waals surface area (Å²) in [6, 6.07) is 4.39. The van der Waals surface area contributed by atoms with Crippen LogP contribution < -0.4 is 9.62 Å². The number of ether oxygens (including phenoxy) is 1. The van der Waals surface area contributed by atoms with Gasteiger partial charge < -0.3 is 9.64 Å². The number of pyridine rings is 1. The number of sulfone groups is 1. The van der Waals surface area contributed by atoms with Gasteiger partial charge in [0.1, 0.15) is 11.9 Å².